The lowest BCUT2D eigenvalue weighted by Crippen LogP contribution is -2.47. The van der Waals surface area contributed by atoms with Gasteiger partial charge in [-0.3, -0.25) is 0 Å². The monoisotopic (exact) mass is 502 g/mol. The van der Waals surface area contributed by atoms with E-state index in [1.807, 2.05) is 25.6 Å². The molecule has 0 fully saturated rings. The first-order chi connectivity index (χ1) is 15.4. The Bertz CT molecular complexity index is 837. The second kappa shape index (κ2) is 9.52. The van der Waals surface area contributed by atoms with E-state index in [0.717, 1.165) is 22.7 Å². The molecule has 0 spiro atoms. The molecule has 0 saturated carbocycles. The minimum Gasteiger partial charge on any atom is -0.385 e. The van der Waals surface area contributed by atoms with Crippen LogP contribution in [0.3, 0.4) is 0 Å². The van der Waals surface area contributed by atoms with E-state index >= 15 is 0 Å². The van der Waals surface area contributed by atoms with Crippen molar-refractivity contribution in [2.45, 2.75) is 108 Å². The number of aliphatic hydroxyl groups is 2. The van der Waals surface area contributed by atoms with Crippen LogP contribution in [0.15, 0.2) is 46.6 Å². The summed E-state index contributed by atoms with van der Waals surface area (Å²) < 4.78 is 0. The maximum absolute atomic E-state index is 11.6. The number of allylic oxidation sites excluding steroid dienone is 2. The van der Waals surface area contributed by atoms with Crippen molar-refractivity contribution in [3.05, 3.63) is 46.6 Å². The van der Waals surface area contributed by atoms with Gasteiger partial charge < -0.3 is 10.2 Å². The Balaban J connectivity index is 2.35. The van der Waals surface area contributed by atoms with Gasteiger partial charge in [-0.15, -0.1) is 0 Å². The topological polar surface area (TPSA) is 40.5 Å². The van der Waals surface area contributed by atoms with Gasteiger partial charge in [0, 0.05) is 23.3 Å². The zero-order valence-corrected chi connectivity index (χ0v) is 26.0. The second-order valence-corrected chi connectivity index (χ2v) is 16.6. The van der Waals surface area contributed by atoms with Gasteiger partial charge in [0.25, 0.3) is 0 Å². The summed E-state index contributed by atoms with van der Waals surface area (Å²) in [5.74, 6) is 1.95. The van der Waals surface area contributed by atoms with E-state index in [4.69, 9.17) is 0 Å². The van der Waals surface area contributed by atoms with E-state index in [2.05, 4.69) is 107 Å². The molecule has 0 amide bonds. The molecule has 0 aromatic rings. The van der Waals surface area contributed by atoms with Crippen LogP contribution in [0.5, 0.6) is 0 Å². The summed E-state index contributed by atoms with van der Waals surface area (Å²) in [5, 5.41) is 23.2. The molecule has 0 aromatic heterocycles. The number of thioether (sulfide) groups is 1. The first-order valence-corrected chi connectivity index (χ1v) is 14.4. The smallest absolute Gasteiger partial charge is 0.0904 e. The average Bonchev–Trinajstić information content (AvgIpc) is 2.59. The molecule has 4 atom stereocenters. The molecule has 0 heterocycles. The maximum atomic E-state index is 11.6. The zero-order chi connectivity index (χ0) is 27.4. The van der Waals surface area contributed by atoms with Crippen molar-refractivity contribution in [2.24, 2.45) is 33.5 Å². The van der Waals surface area contributed by atoms with Crippen LogP contribution >= 0.6 is 11.8 Å². The van der Waals surface area contributed by atoms with Crippen LogP contribution in [0, 0.1) is 33.5 Å². The van der Waals surface area contributed by atoms with Crippen molar-refractivity contribution in [1.82, 2.24) is 0 Å². The SMILES string of the molecule is CC(C)(C)C1=CC(CSCC2=CC(C(C)(C)C)C(C)(O)C(C(C)(C)C)=C2)=CC(C(C)(C)C)C1(C)O. The van der Waals surface area contributed by atoms with Crippen LogP contribution in [0.1, 0.15) is 96.9 Å². The van der Waals surface area contributed by atoms with Gasteiger partial charge in [0.2, 0.25) is 0 Å². The fourth-order valence-corrected chi connectivity index (χ4v) is 7.38. The van der Waals surface area contributed by atoms with Crippen molar-refractivity contribution in [2.75, 3.05) is 11.5 Å². The highest BCUT2D eigenvalue weighted by atomic mass is 32.2. The summed E-state index contributed by atoms with van der Waals surface area (Å²) in [4.78, 5) is 0. The molecular formula is C32H54O2S. The Kier molecular flexibility index (Phi) is 8.28. The summed E-state index contributed by atoms with van der Waals surface area (Å²) in [6.45, 7) is 30.5. The van der Waals surface area contributed by atoms with Crippen LogP contribution < -0.4 is 0 Å². The standard InChI is InChI=1S/C32H54O2S/c1-27(2,3)23-15-21(16-24(28(4,5)6)31(23,13)33)19-35-20-22-17-25(29(7,8)9)32(14,34)26(18-22)30(10,11)12/h15-18,23,25,33-34H,19-20H2,1-14H3. The summed E-state index contributed by atoms with van der Waals surface area (Å²) in [6, 6.07) is 0. The highest BCUT2D eigenvalue weighted by Gasteiger charge is 2.47. The first-order valence-electron chi connectivity index (χ1n) is 13.3. The second-order valence-electron chi connectivity index (χ2n) is 15.6. The Labute approximate surface area is 221 Å². The lowest BCUT2D eigenvalue weighted by atomic mass is 9.61. The fraction of sp³-hybridized carbons (Fsp3) is 0.750. The van der Waals surface area contributed by atoms with Crippen LogP contribution in [-0.2, 0) is 0 Å². The van der Waals surface area contributed by atoms with Crippen molar-refractivity contribution in [3.63, 3.8) is 0 Å². The van der Waals surface area contributed by atoms with Gasteiger partial charge in [-0.2, -0.15) is 11.8 Å². The van der Waals surface area contributed by atoms with Crippen LogP contribution in [0.4, 0.5) is 0 Å². The van der Waals surface area contributed by atoms with Crippen molar-refractivity contribution in [3.8, 4) is 0 Å². The molecule has 2 aliphatic rings. The summed E-state index contributed by atoms with van der Waals surface area (Å²) in [6.07, 6.45) is 9.14. The molecule has 0 bridgehead atoms. The van der Waals surface area contributed by atoms with Gasteiger partial charge in [-0.1, -0.05) is 107 Å². The predicted molar refractivity (Wildman–Crippen MR) is 156 cm³/mol. The average molecular weight is 503 g/mol. The first kappa shape index (κ1) is 30.5. The molecule has 0 saturated heterocycles. The van der Waals surface area contributed by atoms with E-state index < -0.39 is 11.2 Å². The lowest BCUT2D eigenvalue weighted by molar-refractivity contribution is -0.00866. The normalized spacial score (nSPS) is 31.0. The van der Waals surface area contributed by atoms with Crippen molar-refractivity contribution >= 4 is 11.8 Å². The highest BCUT2D eigenvalue weighted by molar-refractivity contribution is 7.99. The van der Waals surface area contributed by atoms with Crippen LogP contribution in [0.25, 0.3) is 0 Å². The van der Waals surface area contributed by atoms with Gasteiger partial charge in [-0.05, 0) is 57.8 Å². The van der Waals surface area contributed by atoms with Crippen molar-refractivity contribution in [1.29, 1.82) is 0 Å². The van der Waals surface area contributed by atoms with E-state index in [-0.39, 0.29) is 33.5 Å². The zero-order valence-electron chi connectivity index (χ0n) is 25.2. The fourth-order valence-electron chi connectivity index (χ4n) is 6.45. The largest absolute Gasteiger partial charge is 0.385 e. The van der Waals surface area contributed by atoms with Crippen molar-refractivity contribution < 1.29 is 10.2 Å². The molecule has 2 rings (SSSR count). The molecule has 0 radical (unpaired) electrons. The molecule has 2 nitrogen and oxygen atoms in total. The van der Waals surface area contributed by atoms with E-state index in [9.17, 15) is 10.2 Å². The highest BCUT2D eigenvalue weighted by Crippen LogP contribution is 2.50. The third-order valence-corrected chi connectivity index (χ3v) is 8.82. The molecule has 2 N–H and O–H groups in total. The van der Waals surface area contributed by atoms with Gasteiger partial charge in [0.15, 0.2) is 0 Å². The van der Waals surface area contributed by atoms with Gasteiger partial charge in [0.1, 0.15) is 0 Å². The van der Waals surface area contributed by atoms with Gasteiger partial charge in [-0.25, -0.2) is 0 Å². The van der Waals surface area contributed by atoms with E-state index in [1.54, 1.807) is 0 Å². The Morgan fingerprint density at radius 2 is 0.914 bits per heavy atom. The van der Waals surface area contributed by atoms with E-state index in [1.165, 1.54) is 11.1 Å². The Morgan fingerprint density at radius 1 is 0.629 bits per heavy atom. The molecule has 0 aromatic carbocycles. The summed E-state index contributed by atoms with van der Waals surface area (Å²) >= 11 is 1.93. The number of hydrogen-bond acceptors (Lipinski definition) is 3. The maximum Gasteiger partial charge on any atom is 0.0904 e. The molecule has 2 aliphatic carbocycles. The summed E-state index contributed by atoms with van der Waals surface area (Å²) in [5.41, 5.74) is 2.89. The molecular weight excluding hydrogens is 448 g/mol. The number of hydrogen-bond donors (Lipinski definition) is 2. The van der Waals surface area contributed by atoms with Crippen LogP contribution in [-0.4, -0.2) is 32.9 Å². The van der Waals surface area contributed by atoms with Crippen LogP contribution in [0.2, 0.25) is 0 Å². The lowest BCUT2D eigenvalue weighted by Gasteiger charge is -2.48. The molecule has 200 valence electrons. The molecule has 35 heavy (non-hydrogen) atoms. The molecule has 4 unspecified atom stereocenters. The third kappa shape index (κ3) is 6.76. The minimum absolute atomic E-state index is 0.0358. The van der Waals surface area contributed by atoms with E-state index in [0.29, 0.717) is 0 Å². The molecule has 0 aliphatic heterocycles. The summed E-state index contributed by atoms with van der Waals surface area (Å²) in [7, 11) is 0. The number of rotatable bonds is 4. The van der Waals surface area contributed by atoms with Gasteiger partial charge in [0.05, 0.1) is 11.2 Å². The molecule has 3 heteroatoms. The van der Waals surface area contributed by atoms with Gasteiger partial charge >= 0.3 is 0 Å². The quantitative estimate of drug-likeness (QED) is 0.405. The Morgan fingerprint density at radius 3 is 1.14 bits per heavy atom. The minimum atomic E-state index is -0.855. The Hall–Kier alpha value is -0.770. The predicted octanol–water partition coefficient (Wildman–Crippen LogP) is 8.37. The third-order valence-electron chi connectivity index (χ3n) is 7.74.